The summed E-state index contributed by atoms with van der Waals surface area (Å²) in [5.74, 6) is 0.278. The highest BCUT2D eigenvalue weighted by Crippen LogP contribution is 2.38. The molecule has 7 nitrogen and oxygen atoms in total. The molecule has 0 saturated carbocycles. The Morgan fingerprint density at radius 2 is 1.31 bits per heavy atom. The van der Waals surface area contributed by atoms with Gasteiger partial charge in [0, 0.05) is 11.1 Å². The van der Waals surface area contributed by atoms with E-state index in [4.69, 9.17) is 18.9 Å². The lowest BCUT2D eigenvalue weighted by atomic mass is 9.81. The van der Waals surface area contributed by atoms with Gasteiger partial charge in [-0.05, 0) is 69.1 Å². The van der Waals surface area contributed by atoms with Gasteiger partial charge in [0.15, 0.2) is 12.2 Å². The highest BCUT2D eigenvalue weighted by Gasteiger charge is 2.26. The minimum atomic E-state index is -0.757. The number of benzene rings is 5. The van der Waals surface area contributed by atoms with Crippen LogP contribution in [0.2, 0.25) is 0 Å². The highest BCUT2D eigenvalue weighted by atomic mass is 16.5. The molecule has 0 fully saturated rings. The molecule has 7 heteroatoms. The maximum absolute atomic E-state index is 12.3. The fraction of sp³-hybridized carbons (Fsp3) is 0.195. The van der Waals surface area contributed by atoms with Crippen LogP contribution in [0.15, 0.2) is 121 Å². The Balaban J connectivity index is 1.50. The molecule has 0 heterocycles. The average Bonchev–Trinajstić information content (AvgIpc) is 3.12. The molecule has 48 heavy (non-hydrogen) atoms. The van der Waals surface area contributed by atoms with Gasteiger partial charge in [0.2, 0.25) is 0 Å². The molecule has 2 atom stereocenters. The Hall–Kier alpha value is -5.69. The van der Waals surface area contributed by atoms with Crippen LogP contribution in [0.5, 0.6) is 5.75 Å². The van der Waals surface area contributed by atoms with Crippen molar-refractivity contribution in [1.82, 2.24) is 0 Å². The molecule has 0 bridgehead atoms. The lowest BCUT2D eigenvalue weighted by molar-refractivity contribution is -0.134. The smallest absolute Gasteiger partial charge is 0.337 e. The molecular weight excluding hydrogens is 604 g/mol. The molecule has 5 aromatic rings. The van der Waals surface area contributed by atoms with Crippen molar-refractivity contribution in [3.05, 3.63) is 160 Å². The van der Waals surface area contributed by atoms with E-state index in [0.717, 1.165) is 33.4 Å². The largest absolute Gasteiger partial charge is 0.489 e. The topological polar surface area (TPSA) is 88.1 Å². The summed E-state index contributed by atoms with van der Waals surface area (Å²) in [6.07, 6.45) is -1.48. The van der Waals surface area contributed by atoms with Crippen molar-refractivity contribution in [2.45, 2.75) is 45.0 Å². The van der Waals surface area contributed by atoms with Crippen LogP contribution in [0.4, 0.5) is 0 Å². The lowest BCUT2D eigenvalue weighted by Gasteiger charge is -2.25. The summed E-state index contributed by atoms with van der Waals surface area (Å²) in [6.45, 7) is 7.39. The molecule has 5 aromatic carbocycles. The molecule has 0 aliphatic rings. The van der Waals surface area contributed by atoms with Crippen LogP contribution in [0.3, 0.4) is 0 Å². The fourth-order valence-corrected chi connectivity index (χ4v) is 5.79. The zero-order chi connectivity index (χ0) is 34.1. The molecule has 0 aromatic heterocycles. The summed E-state index contributed by atoms with van der Waals surface area (Å²) in [5.41, 5.74) is 6.92. The molecule has 0 saturated heterocycles. The van der Waals surface area contributed by atoms with E-state index in [-0.39, 0.29) is 18.0 Å². The third-order valence-corrected chi connectivity index (χ3v) is 8.10. The van der Waals surface area contributed by atoms with E-state index in [1.54, 1.807) is 6.07 Å². The van der Waals surface area contributed by atoms with E-state index in [0.29, 0.717) is 35.4 Å². The zero-order valence-electron chi connectivity index (χ0n) is 27.4. The SMILES string of the molecule is COC(=O)c1ccc(-c2cccc(OCc3ccc(C(OC=O)c4ccccc4)c(C(OC=O)c4ccccc4)c3)c2)c(C(C)(C)C)c1. The van der Waals surface area contributed by atoms with E-state index in [9.17, 15) is 14.4 Å². The predicted octanol–water partition coefficient (Wildman–Crippen LogP) is 8.54. The minimum Gasteiger partial charge on any atom is -0.489 e. The van der Waals surface area contributed by atoms with Crippen molar-refractivity contribution in [3.63, 3.8) is 0 Å². The van der Waals surface area contributed by atoms with Gasteiger partial charge in [0.05, 0.1) is 12.7 Å². The lowest BCUT2D eigenvalue weighted by Crippen LogP contribution is -2.15. The molecule has 0 amide bonds. The third kappa shape index (κ3) is 7.81. The summed E-state index contributed by atoms with van der Waals surface area (Å²) in [7, 11) is 1.38. The second-order valence-electron chi connectivity index (χ2n) is 12.3. The van der Waals surface area contributed by atoms with E-state index in [1.807, 2.05) is 115 Å². The van der Waals surface area contributed by atoms with E-state index in [2.05, 4.69) is 20.8 Å². The van der Waals surface area contributed by atoms with Crippen LogP contribution >= 0.6 is 0 Å². The van der Waals surface area contributed by atoms with Gasteiger partial charge in [-0.25, -0.2) is 4.79 Å². The van der Waals surface area contributed by atoms with Gasteiger partial charge in [-0.15, -0.1) is 0 Å². The van der Waals surface area contributed by atoms with Gasteiger partial charge in [-0.2, -0.15) is 0 Å². The number of carbonyl (C=O) groups excluding carboxylic acids is 3. The number of hydrogen-bond donors (Lipinski definition) is 0. The van der Waals surface area contributed by atoms with Crippen LogP contribution in [0.25, 0.3) is 11.1 Å². The summed E-state index contributed by atoms with van der Waals surface area (Å²) in [6, 6.07) is 38.0. The van der Waals surface area contributed by atoms with E-state index < -0.39 is 12.2 Å². The first kappa shape index (κ1) is 33.7. The Morgan fingerprint density at radius 3 is 1.90 bits per heavy atom. The Labute approximate surface area is 281 Å². The maximum Gasteiger partial charge on any atom is 0.337 e. The van der Waals surface area contributed by atoms with Gasteiger partial charge >= 0.3 is 5.97 Å². The van der Waals surface area contributed by atoms with Gasteiger partial charge in [-0.3, -0.25) is 9.59 Å². The normalized spacial score (nSPS) is 12.3. The Bertz CT molecular complexity index is 1860. The standard InChI is InChI=1S/C41H38O7/c1-41(2,3)37-24-32(40(44)45-4)19-21-34(37)31-16-11-17-33(23-31)46-25-28-18-20-35(38(47-26-42)29-12-7-5-8-13-29)36(22-28)39(48-27-43)30-14-9-6-10-15-30/h5-24,26-27,38-39H,25H2,1-4H3. The number of rotatable bonds is 13. The van der Waals surface area contributed by atoms with Crippen molar-refractivity contribution >= 4 is 18.9 Å². The number of carbonyl (C=O) groups is 3. The molecule has 0 spiro atoms. The summed E-state index contributed by atoms with van der Waals surface area (Å²) in [4.78, 5) is 35.7. The Kier molecular flexibility index (Phi) is 10.7. The summed E-state index contributed by atoms with van der Waals surface area (Å²) < 4.78 is 22.6. The quantitative estimate of drug-likeness (QED) is 0.0723. The van der Waals surface area contributed by atoms with Gasteiger partial charge in [0.1, 0.15) is 12.4 Å². The summed E-state index contributed by atoms with van der Waals surface area (Å²) in [5, 5.41) is 0. The highest BCUT2D eigenvalue weighted by molar-refractivity contribution is 5.91. The van der Waals surface area contributed by atoms with Gasteiger partial charge < -0.3 is 18.9 Å². The molecule has 0 N–H and O–H groups in total. The molecule has 5 rings (SSSR count). The van der Waals surface area contributed by atoms with Crippen LogP contribution < -0.4 is 4.74 Å². The molecule has 2 unspecified atom stereocenters. The monoisotopic (exact) mass is 642 g/mol. The zero-order valence-corrected chi connectivity index (χ0v) is 27.4. The maximum atomic E-state index is 12.3. The molecule has 0 aliphatic carbocycles. The third-order valence-electron chi connectivity index (χ3n) is 8.10. The van der Waals surface area contributed by atoms with Crippen LogP contribution in [0.1, 0.15) is 76.7 Å². The number of methoxy groups -OCH3 is 1. The van der Waals surface area contributed by atoms with Crippen molar-refractivity contribution in [1.29, 1.82) is 0 Å². The van der Waals surface area contributed by atoms with E-state index in [1.165, 1.54) is 7.11 Å². The van der Waals surface area contributed by atoms with E-state index >= 15 is 0 Å². The molecule has 0 aliphatic heterocycles. The number of hydrogen-bond acceptors (Lipinski definition) is 7. The van der Waals surface area contributed by atoms with Crippen LogP contribution in [-0.2, 0) is 35.8 Å². The van der Waals surface area contributed by atoms with Crippen molar-refractivity contribution < 1.29 is 33.3 Å². The first-order valence-electron chi connectivity index (χ1n) is 15.6. The van der Waals surface area contributed by atoms with Crippen LogP contribution in [0, 0.1) is 0 Å². The molecule has 0 radical (unpaired) electrons. The number of esters is 1. The minimum absolute atomic E-state index is 0.220. The first-order valence-corrected chi connectivity index (χ1v) is 15.6. The first-order chi connectivity index (χ1) is 23.2. The van der Waals surface area contributed by atoms with Crippen molar-refractivity contribution in [2.24, 2.45) is 0 Å². The van der Waals surface area contributed by atoms with Crippen molar-refractivity contribution in [2.75, 3.05) is 7.11 Å². The van der Waals surface area contributed by atoms with Crippen molar-refractivity contribution in [3.8, 4) is 16.9 Å². The second kappa shape index (κ2) is 15.3. The molecular formula is C41H38O7. The van der Waals surface area contributed by atoms with Gasteiger partial charge in [0.25, 0.3) is 12.9 Å². The predicted molar refractivity (Wildman–Crippen MR) is 184 cm³/mol. The average molecular weight is 643 g/mol. The fourth-order valence-electron chi connectivity index (χ4n) is 5.79. The second-order valence-corrected chi connectivity index (χ2v) is 12.3. The summed E-state index contributed by atoms with van der Waals surface area (Å²) >= 11 is 0. The number of ether oxygens (including phenoxy) is 4. The Morgan fingerprint density at radius 1 is 0.688 bits per heavy atom. The van der Waals surface area contributed by atoms with Crippen LogP contribution in [-0.4, -0.2) is 26.0 Å². The molecule has 244 valence electrons. The van der Waals surface area contributed by atoms with Gasteiger partial charge in [-0.1, -0.05) is 112 Å².